The predicted molar refractivity (Wildman–Crippen MR) is 101 cm³/mol. The summed E-state index contributed by atoms with van der Waals surface area (Å²) in [7, 11) is 0. The SMILES string of the molecule is Cc1cc(N)nc(N/N=C/c2ccc(Nc3cccc(C(F)(F)F)c3)cn2)n1. The average Bonchev–Trinajstić information content (AvgIpc) is 2.62. The minimum absolute atomic E-state index is 0.261. The topological polar surface area (TPSA) is 101 Å². The summed E-state index contributed by atoms with van der Waals surface area (Å²) in [5, 5.41) is 6.86. The van der Waals surface area contributed by atoms with Crippen molar-refractivity contribution in [3.63, 3.8) is 0 Å². The zero-order valence-corrected chi connectivity index (χ0v) is 14.7. The second kappa shape index (κ2) is 7.91. The molecule has 0 amide bonds. The van der Waals surface area contributed by atoms with Crippen LogP contribution in [0.15, 0.2) is 53.8 Å². The summed E-state index contributed by atoms with van der Waals surface area (Å²) < 4.78 is 38.3. The molecule has 0 aliphatic carbocycles. The highest BCUT2D eigenvalue weighted by atomic mass is 19.4. The Kier molecular flexibility index (Phi) is 5.39. The number of alkyl halides is 3. The van der Waals surface area contributed by atoms with E-state index >= 15 is 0 Å². The van der Waals surface area contributed by atoms with Crippen molar-refractivity contribution < 1.29 is 13.2 Å². The molecule has 144 valence electrons. The van der Waals surface area contributed by atoms with Gasteiger partial charge in [0.05, 0.1) is 29.4 Å². The third-order valence-electron chi connectivity index (χ3n) is 3.50. The molecule has 0 fully saturated rings. The number of halogens is 3. The Bertz CT molecular complexity index is 965. The van der Waals surface area contributed by atoms with Crippen LogP contribution in [-0.2, 0) is 6.18 Å². The van der Waals surface area contributed by atoms with Gasteiger partial charge in [0.25, 0.3) is 0 Å². The highest BCUT2D eigenvalue weighted by Crippen LogP contribution is 2.31. The number of nitrogens with zero attached hydrogens (tertiary/aromatic N) is 4. The van der Waals surface area contributed by atoms with Crippen molar-refractivity contribution in [2.24, 2.45) is 5.10 Å². The summed E-state index contributed by atoms with van der Waals surface area (Å²) in [6, 6.07) is 9.90. The van der Waals surface area contributed by atoms with Crippen molar-refractivity contribution in [1.29, 1.82) is 0 Å². The largest absolute Gasteiger partial charge is 0.416 e. The number of hydrogen-bond donors (Lipinski definition) is 3. The molecule has 7 nitrogen and oxygen atoms in total. The van der Waals surface area contributed by atoms with Crippen molar-refractivity contribution in [1.82, 2.24) is 15.0 Å². The van der Waals surface area contributed by atoms with E-state index in [1.807, 2.05) is 0 Å². The Labute approximate surface area is 158 Å². The number of hydrogen-bond acceptors (Lipinski definition) is 7. The van der Waals surface area contributed by atoms with Crippen molar-refractivity contribution >= 4 is 29.4 Å². The molecule has 2 aromatic heterocycles. The Morgan fingerprint density at radius 3 is 2.57 bits per heavy atom. The summed E-state index contributed by atoms with van der Waals surface area (Å²) in [5.74, 6) is 0.588. The molecule has 0 aliphatic heterocycles. The fraction of sp³-hybridized carbons (Fsp3) is 0.111. The van der Waals surface area contributed by atoms with Gasteiger partial charge in [-0.15, -0.1) is 0 Å². The van der Waals surface area contributed by atoms with Gasteiger partial charge in [0.2, 0.25) is 5.95 Å². The number of aryl methyl sites for hydroxylation is 1. The van der Waals surface area contributed by atoms with Crippen LogP contribution in [0, 0.1) is 6.92 Å². The van der Waals surface area contributed by atoms with Crippen molar-refractivity contribution in [3.8, 4) is 0 Å². The maximum Gasteiger partial charge on any atom is 0.416 e. The molecule has 0 saturated carbocycles. The lowest BCUT2D eigenvalue weighted by Crippen LogP contribution is -2.05. The molecule has 0 bridgehead atoms. The number of pyridine rings is 1. The fourth-order valence-corrected chi connectivity index (χ4v) is 2.29. The summed E-state index contributed by atoms with van der Waals surface area (Å²) in [4.78, 5) is 12.3. The van der Waals surface area contributed by atoms with E-state index in [1.54, 1.807) is 31.2 Å². The van der Waals surface area contributed by atoms with Gasteiger partial charge in [-0.3, -0.25) is 4.98 Å². The Balaban J connectivity index is 1.63. The number of nitrogens with one attached hydrogen (secondary N) is 2. The van der Waals surface area contributed by atoms with Gasteiger partial charge in [-0.1, -0.05) is 6.07 Å². The van der Waals surface area contributed by atoms with E-state index in [0.29, 0.717) is 28.6 Å². The second-order valence-corrected chi connectivity index (χ2v) is 5.80. The average molecular weight is 387 g/mol. The van der Waals surface area contributed by atoms with Crippen molar-refractivity contribution in [3.05, 3.63) is 65.6 Å². The van der Waals surface area contributed by atoms with Crippen LogP contribution in [-0.4, -0.2) is 21.2 Å². The highest BCUT2D eigenvalue weighted by molar-refractivity contribution is 5.78. The quantitative estimate of drug-likeness (QED) is 0.452. The van der Waals surface area contributed by atoms with Crippen LogP contribution < -0.4 is 16.5 Å². The molecule has 0 atom stereocenters. The summed E-state index contributed by atoms with van der Waals surface area (Å²) in [6.07, 6.45) is -1.45. The molecule has 0 saturated heterocycles. The standard InChI is InChI=1S/C18H16F3N7/c1-11-7-16(22)27-17(25-11)28-24-10-14-5-6-15(9-23-14)26-13-4-2-3-12(8-13)18(19,20)21/h2-10,26H,1H3,(H3,22,25,27,28)/b24-10+. The fourth-order valence-electron chi connectivity index (χ4n) is 2.29. The number of nitrogens with two attached hydrogens (primary N) is 1. The molecule has 2 heterocycles. The van der Waals surface area contributed by atoms with E-state index in [1.165, 1.54) is 18.5 Å². The van der Waals surface area contributed by atoms with E-state index < -0.39 is 11.7 Å². The number of benzene rings is 1. The summed E-state index contributed by atoms with van der Waals surface area (Å²) in [5.41, 5.74) is 9.65. The van der Waals surface area contributed by atoms with Gasteiger partial charge in [0.1, 0.15) is 5.82 Å². The summed E-state index contributed by atoms with van der Waals surface area (Å²) in [6.45, 7) is 1.78. The predicted octanol–water partition coefficient (Wildman–Crippen LogP) is 3.97. The van der Waals surface area contributed by atoms with E-state index in [-0.39, 0.29) is 5.95 Å². The van der Waals surface area contributed by atoms with Gasteiger partial charge in [0, 0.05) is 17.4 Å². The molecule has 28 heavy (non-hydrogen) atoms. The number of nitrogen functional groups attached to an aromatic ring is 1. The first-order valence-electron chi connectivity index (χ1n) is 8.10. The number of anilines is 4. The minimum Gasteiger partial charge on any atom is -0.384 e. The molecule has 0 unspecified atom stereocenters. The van der Waals surface area contributed by atoms with Crippen LogP contribution >= 0.6 is 0 Å². The molecule has 3 aromatic rings. The monoisotopic (exact) mass is 387 g/mol. The third-order valence-corrected chi connectivity index (χ3v) is 3.50. The zero-order chi connectivity index (χ0) is 20.1. The lowest BCUT2D eigenvalue weighted by Gasteiger charge is -2.10. The smallest absolute Gasteiger partial charge is 0.384 e. The molecule has 4 N–H and O–H groups in total. The van der Waals surface area contributed by atoms with Gasteiger partial charge in [-0.25, -0.2) is 10.4 Å². The minimum atomic E-state index is -4.39. The maximum atomic E-state index is 12.8. The first-order valence-corrected chi connectivity index (χ1v) is 8.10. The lowest BCUT2D eigenvalue weighted by atomic mass is 10.2. The molecular weight excluding hydrogens is 371 g/mol. The number of hydrazone groups is 1. The third kappa shape index (κ3) is 5.16. The van der Waals surface area contributed by atoms with E-state index in [4.69, 9.17) is 5.73 Å². The van der Waals surface area contributed by atoms with Crippen LogP contribution in [0.4, 0.5) is 36.3 Å². The van der Waals surface area contributed by atoms with Gasteiger partial charge in [-0.2, -0.15) is 23.3 Å². The maximum absolute atomic E-state index is 12.8. The molecule has 10 heteroatoms. The van der Waals surface area contributed by atoms with Crippen LogP contribution in [0.5, 0.6) is 0 Å². The van der Waals surface area contributed by atoms with Gasteiger partial charge < -0.3 is 11.1 Å². The highest BCUT2D eigenvalue weighted by Gasteiger charge is 2.30. The zero-order valence-electron chi connectivity index (χ0n) is 14.7. The van der Waals surface area contributed by atoms with Gasteiger partial charge in [-0.05, 0) is 37.3 Å². The molecule has 0 spiro atoms. The molecule has 1 aromatic carbocycles. The summed E-state index contributed by atoms with van der Waals surface area (Å²) >= 11 is 0. The van der Waals surface area contributed by atoms with E-state index in [9.17, 15) is 13.2 Å². The van der Waals surface area contributed by atoms with Crippen LogP contribution in [0.2, 0.25) is 0 Å². The number of rotatable bonds is 5. The first kappa shape index (κ1) is 19.1. The normalized spacial score (nSPS) is 11.6. The van der Waals surface area contributed by atoms with Crippen LogP contribution in [0.25, 0.3) is 0 Å². The van der Waals surface area contributed by atoms with Crippen molar-refractivity contribution in [2.45, 2.75) is 13.1 Å². The van der Waals surface area contributed by atoms with E-state index in [2.05, 4.69) is 30.8 Å². The second-order valence-electron chi connectivity index (χ2n) is 5.80. The van der Waals surface area contributed by atoms with Crippen molar-refractivity contribution in [2.75, 3.05) is 16.5 Å². The Hall–Kier alpha value is -3.69. The first-order chi connectivity index (χ1) is 13.3. The van der Waals surface area contributed by atoms with Gasteiger partial charge in [0.15, 0.2) is 0 Å². The Morgan fingerprint density at radius 2 is 1.89 bits per heavy atom. The van der Waals surface area contributed by atoms with Crippen LogP contribution in [0.3, 0.4) is 0 Å². The molecule has 3 rings (SSSR count). The van der Waals surface area contributed by atoms with Gasteiger partial charge >= 0.3 is 6.18 Å². The van der Waals surface area contributed by atoms with Crippen LogP contribution in [0.1, 0.15) is 17.0 Å². The Morgan fingerprint density at radius 1 is 1.07 bits per heavy atom. The molecule has 0 aliphatic rings. The molecular formula is C18H16F3N7. The molecule has 0 radical (unpaired) electrons. The lowest BCUT2D eigenvalue weighted by molar-refractivity contribution is -0.137. The van der Waals surface area contributed by atoms with E-state index in [0.717, 1.165) is 12.1 Å². The number of aromatic nitrogens is 3.